The second-order valence-electron chi connectivity index (χ2n) is 5.65. The zero-order valence-corrected chi connectivity index (χ0v) is 15.9. The van der Waals surface area contributed by atoms with E-state index in [0.717, 1.165) is 29.5 Å². The summed E-state index contributed by atoms with van der Waals surface area (Å²) in [7, 11) is 0. The summed E-state index contributed by atoms with van der Waals surface area (Å²) in [5.41, 5.74) is 0.210. The Morgan fingerprint density at radius 2 is 2.04 bits per heavy atom. The highest BCUT2D eigenvalue weighted by Gasteiger charge is 2.20. The summed E-state index contributed by atoms with van der Waals surface area (Å²) >= 11 is 6.96. The first-order valence-electron chi connectivity index (χ1n) is 7.93. The molecule has 144 valence electrons. The minimum atomic E-state index is -0.971. The lowest BCUT2D eigenvalue weighted by atomic mass is 10.2. The van der Waals surface area contributed by atoms with Gasteiger partial charge in [-0.1, -0.05) is 23.4 Å². The number of amides is 1. The molecule has 1 atom stereocenters. The highest BCUT2D eigenvalue weighted by molar-refractivity contribution is 8.00. The number of nitro benzene ring substituents is 1. The Kier molecular flexibility index (Phi) is 5.90. The van der Waals surface area contributed by atoms with Gasteiger partial charge in [0.2, 0.25) is 16.9 Å². The molecule has 8 nitrogen and oxygen atoms in total. The summed E-state index contributed by atoms with van der Waals surface area (Å²) in [6, 6.07) is 10.2. The molecule has 0 aliphatic carbocycles. The van der Waals surface area contributed by atoms with E-state index in [0.29, 0.717) is 16.0 Å². The molecule has 0 fully saturated rings. The van der Waals surface area contributed by atoms with E-state index in [-0.39, 0.29) is 5.69 Å². The van der Waals surface area contributed by atoms with E-state index in [1.165, 1.54) is 6.07 Å². The van der Waals surface area contributed by atoms with Crippen LogP contribution in [-0.2, 0) is 4.79 Å². The smallest absolute Gasteiger partial charge is 0.306 e. The molecular weight excluding hydrogens is 409 g/mol. The van der Waals surface area contributed by atoms with Crippen LogP contribution >= 0.6 is 23.4 Å². The fraction of sp³-hybridized carbons (Fsp3) is 0.118. The van der Waals surface area contributed by atoms with Crippen molar-refractivity contribution < 1.29 is 14.1 Å². The molecule has 0 saturated carbocycles. The predicted octanol–water partition coefficient (Wildman–Crippen LogP) is 4.29. The number of benzene rings is 2. The van der Waals surface area contributed by atoms with Crippen LogP contribution in [0.1, 0.15) is 6.92 Å². The number of nitro groups is 1. The lowest BCUT2D eigenvalue weighted by Crippen LogP contribution is -2.22. The first kappa shape index (κ1) is 19.8. The Morgan fingerprint density at radius 1 is 1.32 bits per heavy atom. The van der Waals surface area contributed by atoms with Gasteiger partial charge in [-0.2, -0.15) is 4.39 Å². The molecule has 0 spiro atoms. The highest BCUT2D eigenvalue weighted by Crippen LogP contribution is 2.26. The second kappa shape index (κ2) is 8.36. The molecule has 3 rings (SSSR count). The topological polar surface area (TPSA) is 114 Å². The number of aromatic amines is 1. The third-order valence-corrected chi connectivity index (χ3v) is 4.86. The summed E-state index contributed by atoms with van der Waals surface area (Å²) in [6.07, 6.45) is 0. The number of halogens is 2. The predicted molar refractivity (Wildman–Crippen MR) is 104 cm³/mol. The lowest BCUT2D eigenvalue weighted by molar-refractivity contribution is -0.387. The molecule has 3 aromatic rings. The van der Waals surface area contributed by atoms with Crippen molar-refractivity contribution in [1.29, 1.82) is 0 Å². The third-order valence-electron chi connectivity index (χ3n) is 3.64. The fourth-order valence-corrected chi connectivity index (χ4v) is 3.07. The van der Waals surface area contributed by atoms with Gasteiger partial charge in [0.25, 0.3) is 0 Å². The van der Waals surface area contributed by atoms with Crippen LogP contribution in [0, 0.1) is 15.9 Å². The van der Waals surface area contributed by atoms with E-state index >= 15 is 0 Å². The largest absolute Gasteiger partial charge is 0.325 e. The van der Waals surface area contributed by atoms with Crippen LogP contribution in [0.2, 0.25) is 5.02 Å². The maximum atomic E-state index is 13.4. The third kappa shape index (κ3) is 4.65. The average Bonchev–Trinajstić information content (AvgIpc) is 3.12. The van der Waals surface area contributed by atoms with Gasteiger partial charge < -0.3 is 5.32 Å². The Balaban J connectivity index is 1.65. The van der Waals surface area contributed by atoms with Gasteiger partial charge in [-0.15, -0.1) is 5.10 Å². The van der Waals surface area contributed by atoms with Crippen molar-refractivity contribution in [2.24, 2.45) is 0 Å². The quantitative estimate of drug-likeness (QED) is 0.348. The molecule has 28 heavy (non-hydrogen) atoms. The van der Waals surface area contributed by atoms with Gasteiger partial charge in [-0.05, 0) is 43.3 Å². The molecule has 2 aromatic carbocycles. The van der Waals surface area contributed by atoms with Crippen LogP contribution in [0.4, 0.5) is 15.8 Å². The minimum Gasteiger partial charge on any atom is -0.325 e. The summed E-state index contributed by atoms with van der Waals surface area (Å²) in [6.45, 7) is 1.64. The van der Waals surface area contributed by atoms with Crippen LogP contribution in [0.25, 0.3) is 11.4 Å². The van der Waals surface area contributed by atoms with Crippen molar-refractivity contribution in [2.75, 3.05) is 5.32 Å². The van der Waals surface area contributed by atoms with Gasteiger partial charge in [0.05, 0.1) is 10.2 Å². The van der Waals surface area contributed by atoms with E-state index in [1.54, 1.807) is 31.2 Å². The van der Waals surface area contributed by atoms with Crippen molar-refractivity contribution in [1.82, 2.24) is 15.2 Å². The number of nitrogens with one attached hydrogen (secondary N) is 2. The molecule has 0 aliphatic rings. The van der Waals surface area contributed by atoms with E-state index in [1.807, 2.05) is 0 Å². The summed E-state index contributed by atoms with van der Waals surface area (Å²) in [4.78, 5) is 26.6. The van der Waals surface area contributed by atoms with E-state index < -0.39 is 27.6 Å². The lowest BCUT2D eigenvalue weighted by Gasteiger charge is -2.10. The van der Waals surface area contributed by atoms with Crippen LogP contribution < -0.4 is 5.32 Å². The molecule has 1 aromatic heterocycles. The molecule has 2 N–H and O–H groups in total. The first-order chi connectivity index (χ1) is 13.3. The van der Waals surface area contributed by atoms with Crippen molar-refractivity contribution in [3.63, 3.8) is 0 Å². The molecule has 1 amide bonds. The number of carbonyl (C=O) groups is 1. The summed E-state index contributed by atoms with van der Waals surface area (Å²) in [5.74, 6) is -0.870. The van der Waals surface area contributed by atoms with Gasteiger partial charge in [0, 0.05) is 22.3 Å². The number of hydrogen-bond acceptors (Lipinski definition) is 6. The Bertz CT molecular complexity index is 1030. The van der Waals surface area contributed by atoms with Crippen LogP contribution in [0.15, 0.2) is 47.6 Å². The van der Waals surface area contributed by atoms with Gasteiger partial charge >= 0.3 is 5.69 Å². The van der Waals surface area contributed by atoms with Gasteiger partial charge in [0.15, 0.2) is 5.82 Å². The molecule has 0 aliphatic heterocycles. The number of aromatic nitrogens is 3. The van der Waals surface area contributed by atoms with Crippen molar-refractivity contribution in [3.05, 3.63) is 63.4 Å². The molecule has 1 unspecified atom stereocenters. The van der Waals surface area contributed by atoms with Gasteiger partial charge in [0.1, 0.15) is 0 Å². The number of thioether (sulfide) groups is 1. The van der Waals surface area contributed by atoms with Gasteiger partial charge in [-0.3, -0.25) is 20.0 Å². The first-order valence-corrected chi connectivity index (χ1v) is 9.19. The highest BCUT2D eigenvalue weighted by atomic mass is 35.5. The number of hydrogen-bond donors (Lipinski definition) is 2. The second-order valence-corrected chi connectivity index (χ2v) is 7.39. The number of nitrogens with zero attached hydrogens (tertiary/aromatic N) is 3. The van der Waals surface area contributed by atoms with E-state index in [9.17, 15) is 19.3 Å². The number of carbonyl (C=O) groups excluding carboxylic acids is 1. The number of H-pyrrole nitrogens is 1. The van der Waals surface area contributed by atoms with Crippen LogP contribution in [0.5, 0.6) is 0 Å². The Morgan fingerprint density at radius 3 is 2.71 bits per heavy atom. The Labute approximate surface area is 167 Å². The molecule has 0 bridgehead atoms. The standard InChI is InChI=1S/C17H13ClFN5O3S/c1-9(16(25)20-12-6-7-13(19)14(8-12)24(26)27)28-17-21-15(22-23-17)10-2-4-11(18)5-3-10/h2-9H,1H3,(H,20,25)(H,21,22,23). The van der Waals surface area contributed by atoms with Gasteiger partial charge in [-0.25, -0.2) is 4.98 Å². The molecular formula is C17H13ClFN5O3S. The SMILES string of the molecule is CC(Sc1n[nH]c(-c2ccc(Cl)cc2)n1)C(=O)Nc1ccc(F)c([N+](=O)[O-])c1. The monoisotopic (exact) mass is 421 g/mol. The van der Waals surface area contributed by atoms with E-state index in [4.69, 9.17) is 11.6 Å². The maximum Gasteiger partial charge on any atom is 0.306 e. The normalized spacial score (nSPS) is 11.8. The summed E-state index contributed by atoms with van der Waals surface area (Å²) in [5, 5.41) is 20.5. The molecule has 1 heterocycles. The zero-order chi connectivity index (χ0) is 20.3. The van der Waals surface area contributed by atoms with E-state index in [2.05, 4.69) is 20.5 Å². The summed E-state index contributed by atoms with van der Waals surface area (Å²) < 4.78 is 13.4. The minimum absolute atomic E-state index is 0.127. The maximum absolute atomic E-state index is 13.4. The number of anilines is 1. The molecule has 0 radical (unpaired) electrons. The van der Waals surface area contributed by atoms with Crippen molar-refractivity contribution >= 4 is 40.6 Å². The number of rotatable bonds is 6. The fourth-order valence-electron chi connectivity index (χ4n) is 2.22. The molecule has 0 saturated heterocycles. The van der Waals surface area contributed by atoms with Crippen molar-refractivity contribution in [2.45, 2.75) is 17.3 Å². The zero-order valence-electron chi connectivity index (χ0n) is 14.3. The average molecular weight is 422 g/mol. The van der Waals surface area contributed by atoms with Crippen molar-refractivity contribution in [3.8, 4) is 11.4 Å². The Hall–Kier alpha value is -2.98. The molecule has 11 heteroatoms. The van der Waals surface area contributed by atoms with Crippen LogP contribution in [0.3, 0.4) is 0 Å². The van der Waals surface area contributed by atoms with Crippen LogP contribution in [-0.4, -0.2) is 31.3 Å².